The van der Waals surface area contributed by atoms with Gasteiger partial charge in [0.2, 0.25) is 0 Å². The highest BCUT2D eigenvalue weighted by atomic mass is 16.8. The number of hydrogen-bond acceptors (Lipinski definition) is 6. The van der Waals surface area contributed by atoms with Crippen LogP contribution in [-0.2, 0) is 9.47 Å². The minimum absolute atomic E-state index is 0.162. The zero-order valence-electron chi connectivity index (χ0n) is 11.2. The molecular weight excluding hydrogens is 244 g/mol. The second kappa shape index (κ2) is 3.09. The van der Waals surface area contributed by atoms with Crippen molar-refractivity contribution in [3.63, 3.8) is 0 Å². The van der Waals surface area contributed by atoms with Crippen LogP contribution in [0.25, 0.3) is 0 Å². The summed E-state index contributed by atoms with van der Waals surface area (Å²) < 4.78 is 11.5. The van der Waals surface area contributed by atoms with E-state index >= 15 is 0 Å². The summed E-state index contributed by atoms with van der Waals surface area (Å²) in [7, 11) is 0. The van der Waals surface area contributed by atoms with Crippen molar-refractivity contribution in [3.05, 3.63) is 0 Å². The minimum Gasteiger partial charge on any atom is -0.386 e. The lowest BCUT2D eigenvalue weighted by Gasteiger charge is -2.29. The van der Waals surface area contributed by atoms with E-state index in [9.17, 15) is 10.5 Å². The molecule has 19 heavy (non-hydrogen) atoms. The Morgan fingerprint density at radius 3 is 2.53 bits per heavy atom. The molecule has 0 radical (unpaired) electrons. The molecule has 5 atom stereocenters. The Hall–Kier alpha value is -1.63. The molecule has 0 aromatic heterocycles. The Morgan fingerprint density at radius 1 is 1.47 bits per heavy atom. The number of nitrogens with zero attached hydrogens (tertiary/aromatic N) is 3. The van der Waals surface area contributed by atoms with Crippen LogP contribution in [0.2, 0.25) is 0 Å². The lowest BCUT2D eigenvalue weighted by Crippen LogP contribution is -2.41. The van der Waals surface area contributed by atoms with Crippen molar-refractivity contribution in [2.75, 3.05) is 6.61 Å². The Balaban J connectivity index is 2.25. The van der Waals surface area contributed by atoms with Gasteiger partial charge in [0.05, 0.1) is 24.8 Å². The van der Waals surface area contributed by atoms with Crippen LogP contribution < -0.4 is 5.73 Å². The number of fused-ring (bicyclic) bond motifs is 2. The molecule has 2 heterocycles. The molecule has 1 saturated heterocycles. The van der Waals surface area contributed by atoms with Crippen molar-refractivity contribution >= 4 is 5.84 Å². The smallest absolute Gasteiger partial charge is 0.293 e. The van der Waals surface area contributed by atoms with Gasteiger partial charge in [0.1, 0.15) is 11.3 Å². The fourth-order valence-corrected chi connectivity index (χ4v) is 4.07. The molecule has 3 aliphatic rings. The largest absolute Gasteiger partial charge is 0.386 e. The molecule has 1 saturated carbocycles. The zero-order chi connectivity index (χ0) is 14.1. The molecule has 3 rings (SSSR count). The summed E-state index contributed by atoms with van der Waals surface area (Å²) in [5.41, 5.74) is 3.14. The molecule has 1 aliphatic carbocycles. The fourth-order valence-electron chi connectivity index (χ4n) is 4.07. The second-order valence-electron chi connectivity index (χ2n) is 5.73. The van der Waals surface area contributed by atoms with Gasteiger partial charge < -0.3 is 15.2 Å². The van der Waals surface area contributed by atoms with Crippen molar-refractivity contribution in [3.8, 4) is 12.1 Å². The molecule has 0 aromatic carbocycles. The third kappa shape index (κ3) is 0.842. The standard InChI is InChI=1S/C13H16N4O2/c1-4-10(3)11(6-14)9(16)17-13(12(10,11)7-15)18-5-8(2)19-13/h8H,4-5H2,1-3H3,(H2,16,17)/t8-,10+,11-,12+,13+/m0/s1. The topological polar surface area (TPSA) is 104 Å². The fraction of sp³-hybridized carbons (Fsp3) is 0.769. The van der Waals surface area contributed by atoms with Gasteiger partial charge in [0.15, 0.2) is 5.41 Å². The molecule has 0 bridgehead atoms. The predicted octanol–water partition coefficient (Wildman–Crippen LogP) is 0.896. The van der Waals surface area contributed by atoms with Crippen LogP contribution in [0.1, 0.15) is 27.2 Å². The van der Waals surface area contributed by atoms with E-state index < -0.39 is 22.2 Å². The van der Waals surface area contributed by atoms with Crippen LogP contribution in [-0.4, -0.2) is 24.5 Å². The maximum Gasteiger partial charge on any atom is 0.293 e. The van der Waals surface area contributed by atoms with Gasteiger partial charge in [-0.05, 0) is 13.3 Å². The molecule has 2 fully saturated rings. The van der Waals surface area contributed by atoms with Crippen molar-refractivity contribution in [1.82, 2.24) is 0 Å². The van der Waals surface area contributed by atoms with Crippen LogP contribution in [0.4, 0.5) is 0 Å². The van der Waals surface area contributed by atoms with Crippen molar-refractivity contribution in [1.29, 1.82) is 10.5 Å². The number of rotatable bonds is 1. The Morgan fingerprint density at radius 2 is 2.16 bits per heavy atom. The molecule has 0 aromatic rings. The molecule has 6 heteroatoms. The number of ether oxygens (including phenoxy) is 2. The van der Waals surface area contributed by atoms with E-state index in [-0.39, 0.29) is 11.9 Å². The van der Waals surface area contributed by atoms with Gasteiger partial charge in [0, 0.05) is 5.41 Å². The van der Waals surface area contributed by atoms with E-state index in [1.807, 2.05) is 20.8 Å². The quantitative estimate of drug-likeness (QED) is 0.754. The number of nitrogens with two attached hydrogens (primary N) is 1. The molecule has 6 nitrogen and oxygen atoms in total. The van der Waals surface area contributed by atoms with Crippen LogP contribution in [0.15, 0.2) is 4.99 Å². The summed E-state index contributed by atoms with van der Waals surface area (Å²) in [6.07, 6.45) is 0.464. The first kappa shape index (κ1) is 12.4. The van der Waals surface area contributed by atoms with Gasteiger partial charge in [0.25, 0.3) is 5.91 Å². The van der Waals surface area contributed by atoms with Crippen LogP contribution in [0.3, 0.4) is 0 Å². The van der Waals surface area contributed by atoms with Gasteiger partial charge in [-0.1, -0.05) is 13.8 Å². The molecule has 2 aliphatic heterocycles. The van der Waals surface area contributed by atoms with Crippen LogP contribution in [0, 0.1) is 38.9 Å². The summed E-state index contributed by atoms with van der Waals surface area (Å²) in [6, 6.07) is 4.49. The maximum atomic E-state index is 9.77. The maximum absolute atomic E-state index is 9.77. The molecule has 0 amide bonds. The van der Waals surface area contributed by atoms with Gasteiger partial charge in [-0.2, -0.15) is 10.5 Å². The van der Waals surface area contributed by atoms with E-state index in [2.05, 4.69) is 17.1 Å². The Labute approximate surface area is 111 Å². The predicted molar refractivity (Wildman–Crippen MR) is 65.3 cm³/mol. The number of aliphatic imine (C=N–C) groups is 1. The molecule has 0 unspecified atom stereocenters. The lowest BCUT2D eigenvalue weighted by atomic mass is 9.89. The summed E-state index contributed by atoms with van der Waals surface area (Å²) in [4.78, 5) is 4.24. The van der Waals surface area contributed by atoms with E-state index in [4.69, 9.17) is 15.2 Å². The summed E-state index contributed by atoms with van der Waals surface area (Å²) >= 11 is 0. The van der Waals surface area contributed by atoms with Crippen molar-refractivity contribution in [2.45, 2.75) is 39.2 Å². The third-order valence-electron chi connectivity index (χ3n) is 5.20. The lowest BCUT2D eigenvalue weighted by molar-refractivity contribution is -0.199. The van der Waals surface area contributed by atoms with E-state index in [0.29, 0.717) is 13.0 Å². The highest BCUT2D eigenvalue weighted by Crippen LogP contribution is 2.86. The van der Waals surface area contributed by atoms with E-state index in [1.54, 1.807) is 0 Å². The number of amidine groups is 1. The first-order chi connectivity index (χ1) is 8.91. The third-order valence-corrected chi connectivity index (χ3v) is 5.20. The first-order valence-electron chi connectivity index (χ1n) is 6.41. The van der Waals surface area contributed by atoms with Gasteiger partial charge in [-0.3, -0.25) is 0 Å². The molecular formula is C13H16N4O2. The van der Waals surface area contributed by atoms with E-state index in [1.165, 1.54) is 0 Å². The highest BCUT2D eigenvalue weighted by molar-refractivity contribution is 6.00. The second-order valence-corrected chi connectivity index (χ2v) is 5.73. The number of hydrogen-bond donors (Lipinski definition) is 1. The molecule has 100 valence electrons. The molecule has 1 spiro atoms. The van der Waals surface area contributed by atoms with Crippen LogP contribution in [0.5, 0.6) is 0 Å². The summed E-state index contributed by atoms with van der Waals surface area (Å²) in [6.45, 7) is 6.03. The average Bonchev–Trinajstić information content (AvgIpc) is 2.57. The van der Waals surface area contributed by atoms with E-state index in [0.717, 1.165) is 0 Å². The minimum atomic E-state index is -1.41. The Kier molecular flexibility index (Phi) is 2.02. The molecule has 2 N–H and O–H groups in total. The van der Waals surface area contributed by atoms with Gasteiger partial charge in [-0.15, -0.1) is 0 Å². The van der Waals surface area contributed by atoms with Gasteiger partial charge in [-0.25, -0.2) is 4.99 Å². The number of nitriles is 2. The SMILES string of the molecule is CC[C@]1(C)[C@]2(C#N)C(N)=N[C@@]3(OC[C@H](C)O3)[C@]12C#N. The van der Waals surface area contributed by atoms with Crippen molar-refractivity contribution in [2.24, 2.45) is 27.0 Å². The van der Waals surface area contributed by atoms with Crippen molar-refractivity contribution < 1.29 is 9.47 Å². The summed E-state index contributed by atoms with van der Waals surface area (Å²) in [5, 5.41) is 19.4. The first-order valence-corrected chi connectivity index (χ1v) is 6.41. The normalized spacial score (nSPS) is 54.4. The van der Waals surface area contributed by atoms with Crippen LogP contribution >= 0.6 is 0 Å². The average molecular weight is 260 g/mol. The Bertz CT molecular complexity index is 576. The van der Waals surface area contributed by atoms with Gasteiger partial charge >= 0.3 is 0 Å². The highest BCUT2D eigenvalue weighted by Gasteiger charge is 2.99. The monoisotopic (exact) mass is 260 g/mol. The zero-order valence-corrected chi connectivity index (χ0v) is 11.2. The summed E-state index contributed by atoms with van der Waals surface area (Å²) in [5.74, 6) is -1.25.